The third-order valence-corrected chi connectivity index (χ3v) is 7.80. The molecule has 0 aliphatic rings. The van der Waals surface area contributed by atoms with E-state index in [1.54, 1.807) is 30.3 Å². The molecule has 4 rings (SSSR count). The van der Waals surface area contributed by atoms with Gasteiger partial charge in [0.25, 0.3) is 0 Å². The molecule has 0 saturated carbocycles. The topological polar surface area (TPSA) is 38.0 Å². The highest BCUT2D eigenvalue weighted by Crippen LogP contribution is 2.32. The van der Waals surface area contributed by atoms with Gasteiger partial charge in [-0.2, -0.15) is 0 Å². The molecule has 0 spiro atoms. The van der Waals surface area contributed by atoms with Crippen molar-refractivity contribution < 1.29 is 0 Å². The average molecular weight is 641 g/mol. The highest BCUT2D eigenvalue weighted by Gasteiger charge is 2.07. The Morgan fingerprint density at radius 3 is 1.49 bits per heavy atom. The predicted octanol–water partition coefficient (Wildman–Crippen LogP) is 11.6. The van der Waals surface area contributed by atoms with Gasteiger partial charge in [0.05, 0.1) is 21.4 Å². The summed E-state index contributed by atoms with van der Waals surface area (Å²) in [5, 5.41) is 5.85. The van der Waals surface area contributed by atoms with Crippen LogP contribution >= 0.6 is 62.3 Å². The second kappa shape index (κ2) is 14.3. The van der Waals surface area contributed by atoms with Gasteiger partial charge in [-0.25, -0.2) is 0 Å². The molecule has 7 heteroatoms. The standard InChI is InChI=1S/C15H15Cl2N.C9H11Br.C6H5Cl2N/c1-9-6-10(2)15(11(3)7-9)18-14-8-12(16)4-5-13(14)17;1-6-4-7(2)9(10)8(3)5-6;7-4-1-2-5(8)6(9)3-4/h4-8,18H,1-3H3;4-5H,1-3H3;1-3H,9H2. The number of nitrogen functional groups attached to an aromatic ring is 1. The van der Waals surface area contributed by atoms with Gasteiger partial charge in [-0.3, -0.25) is 0 Å². The summed E-state index contributed by atoms with van der Waals surface area (Å²) in [7, 11) is 0. The summed E-state index contributed by atoms with van der Waals surface area (Å²) < 4.78 is 1.23. The summed E-state index contributed by atoms with van der Waals surface area (Å²) in [5.41, 5.74) is 15.5. The molecule has 196 valence electrons. The maximum absolute atomic E-state index is 6.16. The van der Waals surface area contributed by atoms with E-state index in [2.05, 4.69) is 87.1 Å². The van der Waals surface area contributed by atoms with Gasteiger partial charge in [0.2, 0.25) is 0 Å². The molecule has 0 aliphatic carbocycles. The molecular formula is C30H31BrCl4N2. The van der Waals surface area contributed by atoms with E-state index in [-0.39, 0.29) is 0 Å². The van der Waals surface area contributed by atoms with Gasteiger partial charge in [-0.05, 0) is 100 Å². The maximum atomic E-state index is 6.16. The fraction of sp³-hybridized carbons (Fsp3) is 0.200. The van der Waals surface area contributed by atoms with Crippen molar-refractivity contribution in [2.24, 2.45) is 0 Å². The van der Waals surface area contributed by atoms with Crippen molar-refractivity contribution in [3.8, 4) is 0 Å². The number of hydrogen-bond acceptors (Lipinski definition) is 2. The lowest BCUT2D eigenvalue weighted by atomic mass is 10.0. The first-order chi connectivity index (χ1) is 17.3. The van der Waals surface area contributed by atoms with Crippen LogP contribution in [0.2, 0.25) is 20.1 Å². The van der Waals surface area contributed by atoms with Crippen LogP contribution in [0, 0.1) is 41.5 Å². The normalized spacial score (nSPS) is 10.1. The zero-order chi connectivity index (χ0) is 27.9. The first-order valence-corrected chi connectivity index (χ1v) is 13.8. The molecule has 2 nitrogen and oxygen atoms in total. The van der Waals surface area contributed by atoms with Crippen molar-refractivity contribution >= 4 is 79.4 Å². The monoisotopic (exact) mass is 638 g/mol. The van der Waals surface area contributed by atoms with Gasteiger partial charge in [-0.15, -0.1) is 0 Å². The average Bonchev–Trinajstić information content (AvgIpc) is 2.80. The van der Waals surface area contributed by atoms with Crippen LogP contribution in [0.1, 0.15) is 33.4 Å². The molecule has 0 aliphatic heterocycles. The molecule has 0 bridgehead atoms. The van der Waals surface area contributed by atoms with E-state index in [0.717, 1.165) is 11.4 Å². The van der Waals surface area contributed by atoms with Crippen molar-refractivity contribution in [1.82, 2.24) is 0 Å². The van der Waals surface area contributed by atoms with Crippen molar-refractivity contribution in [3.05, 3.63) is 119 Å². The Morgan fingerprint density at radius 2 is 1.03 bits per heavy atom. The van der Waals surface area contributed by atoms with Gasteiger partial charge < -0.3 is 11.1 Å². The van der Waals surface area contributed by atoms with Crippen LogP contribution in [-0.2, 0) is 0 Å². The molecule has 0 radical (unpaired) electrons. The molecule has 4 aromatic rings. The van der Waals surface area contributed by atoms with Crippen LogP contribution in [-0.4, -0.2) is 0 Å². The first-order valence-electron chi connectivity index (χ1n) is 11.5. The molecule has 0 aromatic heterocycles. The van der Waals surface area contributed by atoms with Crippen LogP contribution in [0.15, 0.2) is 65.1 Å². The summed E-state index contributed by atoms with van der Waals surface area (Å²) in [5.74, 6) is 0. The molecule has 4 aromatic carbocycles. The van der Waals surface area contributed by atoms with E-state index in [0.29, 0.717) is 25.8 Å². The predicted molar refractivity (Wildman–Crippen MR) is 170 cm³/mol. The number of aryl methyl sites for hydroxylation is 6. The molecular weight excluding hydrogens is 610 g/mol. The number of benzene rings is 4. The Morgan fingerprint density at radius 1 is 0.595 bits per heavy atom. The summed E-state index contributed by atoms with van der Waals surface area (Å²) >= 11 is 26.8. The fourth-order valence-corrected chi connectivity index (χ4v) is 4.65. The Bertz CT molecular complexity index is 1340. The van der Waals surface area contributed by atoms with E-state index in [9.17, 15) is 0 Å². The third-order valence-electron chi connectivity index (χ3n) is 5.40. The minimum Gasteiger partial charge on any atom is -0.397 e. The largest absolute Gasteiger partial charge is 0.397 e. The van der Waals surface area contributed by atoms with Gasteiger partial charge in [0, 0.05) is 20.2 Å². The van der Waals surface area contributed by atoms with E-state index >= 15 is 0 Å². The van der Waals surface area contributed by atoms with Crippen LogP contribution in [0.25, 0.3) is 0 Å². The quantitative estimate of drug-likeness (QED) is 0.214. The molecule has 0 amide bonds. The molecule has 3 N–H and O–H groups in total. The van der Waals surface area contributed by atoms with Gasteiger partial charge >= 0.3 is 0 Å². The summed E-state index contributed by atoms with van der Waals surface area (Å²) in [6.07, 6.45) is 0. The number of hydrogen-bond donors (Lipinski definition) is 2. The van der Waals surface area contributed by atoms with E-state index < -0.39 is 0 Å². The first kappa shape index (κ1) is 31.3. The molecule has 0 fully saturated rings. The Balaban J connectivity index is 0.000000214. The van der Waals surface area contributed by atoms with Crippen LogP contribution in [0.4, 0.5) is 17.1 Å². The van der Waals surface area contributed by atoms with E-state index in [4.69, 9.17) is 52.1 Å². The van der Waals surface area contributed by atoms with Gasteiger partial charge in [0.1, 0.15) is 0 Å². The number of halogens is 5. The highest BCUT2D eigenvalue weighted by molar-refractivity contribution is 9.10. The molecule has 0 atom stereocenters. The highest BCUT2D eigenvalue weighted by atomic mass is 79.9. The fourth-order valence-electron chi connectivity index (χ4n) is 3.78. The lowest BCUT2D eigenvalue weighted by Crippen LogP contribution is -1.97. The van der Waals surface area contributed by atoms with Crippen molar-refractivity contribution in [3.63, 3.8) is 0 Å². The minimum absolute atomic E-state index is 0.518. The zero-order valence-electron chi connectivity index (χ0n) is 21.7. The number of nitrogens with one attached hydrogen (secondary N) is 1. The number of anilines is 3. The second-order valence-corrected chi connectivity index (χ2v) is 11.4. The Hall–Kier alpha value is -1.88. The van der Waals surface area contributed by atoms with Crippen molar-refractivity contribution in [2.45, 2.75) is 41.5 Å². The summed E-state index contributed by atoms with van der Waals surface area (Å²) in [6, 6.07) is 19.0. The smallest absolute Gasteiger partial charge is 0.0642 e. The molecule has 0 heterocycles. The molecule has 0 saturated heterocycles. The van der Waals surface area contributed by atoms with Crippen molar-refractivity contribution in [1.29, 1.82) is 0 Å². The van der Waals surface area contributed by atoms with Crippen LogP contribution < -0.4 is 11.1 Å². The molecule has 37 heavy (non-hydrogen) atoms. The van der Waals surface area contributed by atoms with Crippen LogP contribution in [0.5, 0.6) is 0 Å². The number of nitrogens with two attached hydrogens (primary N) is 1. The Labute approximate surface area is 249 Å². The van der Waals surface area contributed by atoms with E-state index in [1.807, 2.05) is 6.07 Å². The summed E-state index contributed by atoms with van der Waals surface area (Å²) in [4.78, 5) is 0. The van der Waals surface area contributed by atoms with E-state index in [1.165, 1.54) is 37.9 Å². The summed E-state index contributed by atoms with van der Waals surface area (Å²) in [6.45, 7) is 12.6. The SMILES string of the molecule is Cc1cc(C)c(Br)c(C)c1.Cc1cc(C)c(Nc2cc(Cl)ccc2Cl)c(C)c1.Nc1cc(Cl)ccc1Cl. The third kappa shape index (κ3) is 9.74. The molecule has 0 unspecified atom stereocenters. The second-order valence-electron chi connectivity index (χ2n) is 8.90. The van der Waals surface area contributed by atoms with Crippen LogP contribution in [0.3, 0.4) is 0 Å². The van der Waals surface area contributed by atoms with Crippen molar-refractivity contribution in [2.75, 3.05) is 11.1 Å². The van der Waals surface area contributed by atoms with Gasteiger partial charge in [-0.1, -0.05) is 97.7 Å². The lowest BCUT2D eigenvalue weighted by molar-refractivity contribution is 1.29. The van der Waals surface area contributed by atoms with Gasteiger partial charge in [0.15, 0.2) is 0 Å². The lowest BCUT2D eigenvalue weighted by Gasteiger charge is -2.15. The Kier molecular flexibility index (Phi) is 12.1. The minimum atomic E-state index is 0.518. The maximum Gasteiger partial charge on any atom is 0.0642 e. The number of rotatable bonds is 2. The zero-order valence-corrected chi connectivity index (χ0v) is 26.4.